The van der Waals surface area contributed by atoms with Crippen LogP contribution in [0.15, 0.2) is 42.7 Å². The number of nitrogens with zero attached hydrogens (tertiary/aromatic N) is 4. The molecule has 2 fully saturated rings. The molecule has 0 bridgehead atoms. The van der Waals surface area contributed by atoms with E-state index in [1.165, 1.54) is 18.8 Å². The van der Waals surface area contributed by atoms with Gasteiger partial charge in [-0.15, -0.1) is 0 Å². The van der Waals surface area contributed by atoms with Crippen molar-refractivity contribution in [2.45, 2.75) is 51.0 Å². The summed E-state index contributed by atoms with van der Waals surface area (Å²) in [6, 6.07) is 9.54. The minimum absolute atomic E-state index is 0.0905. The number of para-hydroxylation sites is 1. The van der Waals surface area contributed by atoms with Gasteiger partial charge in [-0.05, 0) is 56.1 Å². The van der Waals surface area contributed by atoms with Crippen LogP contribution in [0.25, 0.3) is 0 Å². The number of urea groups is 1. The Balaban J connectivity index is 1.33. The van der Waals surface area contributed by atoms with E-state index in [9.17, 15) is 14.9 Å². The van der Waals surface area contributed by atoms with Gasteiger partial charge < -0.3 is 15.5 Å². The molecule has 0 spiro atoms. The molecular formula is C23H30N6O3. The third-order valence-electron chi connectivity index (χ3n) is 6.53. The molecule has 4 rings (SSSR count). The normalized spacial score (nSPS) is 23.4. The van der Waals surface area contributed by atoms with Crippen LogP contribution in [0, 0.1) is 22.0 Å². The zero-order chi connectivity index (χ0) is 22.3. The molecule has 1 saturated heterocycles. The van der Waals surface area contributed by atoms with Crippen molar-refractivity contribution in [1.82, 2.24) is 15.3 Å². The van der Waals surface area contributed by atoms with Crippen LogP contribution in [0.1, 0.15) is 44.9 Å². The highest BCUT2D eigenvalue weighted by Gasteiger charge is 2.31. The number of aromatic nitrogens is 2. The SMILES string of the molecule is O=C(Nc1ccccc1)N[C@@H]1CCCC[C@H]1CC1CCCN(c2ncc([N+](=O)[O-])cn2)C1. The monoisotopic (exact) mass is 438 g/mol. The molecule has 170 valence electrons. The Bertz CT molecular complexity index is 908. The molecule has 9 heteroatoms. The van der Waals surface area contributed by atoms with Gasteiger partial charge in [0.15, 0.2) is 0 Å². The fraction of sp³-hybridized carbons (Fsp3) is 0.522. The van der Waals surface area contributed by atoms with Crippen LogP contribution in [0.2, 0.25) is 0 Å². The highest BCUT2D eigenvalue weighted by Crippen LogP contribution is 2.33. The first-order valence-electron chi connectivity index (χ1n) is 11.4. The van der Waals surface area contributed by atoms with Gasteiger partial charge in [-0.1, -0.05) is 31.0 Å². The lowest BCUT2D eigenvalue weighted by atomic mass is 9.77. The van der Waals surface area contributed by atoms with Gasteiger partial charge in [-0.2, -0.15) is 0 Å². The summed E-state index contributed by atoms with van der Waals surface area (Å²) < 4.78 is 0. The van der Waals surface area contributed by atoms with Crippen LogP contribution < -0.4 is 15.5 Å². The first kappa shape index (κ1) is 22.0. The van der Waals surface area contributed by atoms with E-state index in [0.717, 1.165) is 57.3 Å². The second-order valence-electron chi connectivity index (χ2n) is 8.80. The molecule has 9 nitrogen and oxygen atoms in total. The van der Waals surface area contributed by atoms with Crippen molar-refractivity contribution in [2.24, 2.45) is 11.8 Å². The molecule has 2 heterocycles. The van der Waals surface area contributed by atoms with Crippen LogP contribution in [-0.2, 0) is 0 Å². The first-order valence-corrected chi connectivity index (χ1v) is 11.4. The Kier molecular flexibility index (Phi) is 7.14. The van der Waals surface area contributed by atoms with Crippen molar-refractivity contribution in [1.29, 1.82) is 0 Å². The number of anilines is 2. The third kappa shape index (κ3) is 5.72. The van der Waals surface area contributed by atoms with Gasteiger partial charge in [-0.3, -0.25) is 10.1 Å². The molecule has 1 unspecified atom stereocenters. The van der Waals surface area contributed by atoms with Crippen molar-refractivity contribution >= 4 is 23.4 Å². The van der Waals surface area contributed by atoms with Crippen LogP contribution in [0.3, 0.4) is 0 Å². The summed E-state index contributed by atoms with van der Waals surface area (Å²) in [6.07, 6.45) is 10.3. The molecule has 2 aromatic rings. The van der Waals surface area contributed by atoms with E-state index >= 15 is 0 Å². The summed E-state index contributed by atoms with van der Waals surface area (Å²) in [6.45, 7) is 1.71. The number of nitro groups is 1. The molecule has 2 aliphatic rings. The standard InChI is InChI=1S/C23H30N6O3/c30-23(26-19-9-2-1-3-10-19)27-21-11-5-4-8-18(21)13-17-7-6-12-28(16-17)22-24-14-20(15-25-22)29(31)32/h1-3,9-10,14-15,17-18,21H,4-8,11-13,16H2,(H2,26,27,30)/t17?,18-,21+/m0/s1. The number of hydrogen-bond acceptors (Lipinski definition) is 6. The van der Waals surface area contributed by atoms with Gasteiger partial charge >= 0.3 is 11.7 Å². The predicted molar refractivity (Wildman–Crippen MR) is 123 cm³/mol. The summed E-state index contributed by atoms with van der Waals surface area (Å²) in [5, 5.41) is 17.0. The van der Waals surface area contributed by atoms with Gasteiger partial charge in [0.2, 0.25) is 5.95 Å². The molecule has 2 amide bonds. The van der Waals surface area contributed by atoms with E-state index in [-0.39, 0.29) is 17.8 Å². The third-order valence-corrected chi connectivity index (χ3v) is 6.53. The Labute approximate surface area is 187 Å². The minimum Gasteiger partial charge on any atom is -0.341 e. The highest BCUT2D eigenvalue weighted by molar-refractivity contribution is 5.89. The van der Waals surface area contributed by atoms with Crippen LogP contribution >= 0.6 is 0 Å². The zero-order valence-electron chi connectivity index (χ0n) is 18.2. The Hall–Kier alpha value is -3.23. The first-order chi connectivity index (χ1) is 15.6. The molecule has 1 aromatic carbocycles. The Morgan fingerprint density at radius 3 is 2.59 bits per heavy atom. The molecule has 32 heavy (non-hydrogen) atoms. The zero-order valence-corrected chi connectivity index (χ0v) is 18.2. The number of amides is 2. The Morgan fingerprint density at radius 2 is 1.84 bits per heavy atom. The number of carbonyl (C=O) groups is 1. The lowest BCUT2D eigenvalue weighted by Crippen LogP contribution is -2.46. The van der Waals surface area contributed by atoms with Gasteiger partial charge in [0.1, 0.15) is 12.4 Å². The number of benzene rings is 1. The highest BCUT2D eigenvalue weighted by atomic mass is 16.6. The fourth-order valence-corrected chi connectivity index (χ4v) is 4.98. The van der Waals surface area contributed by atoms with Crippen LogP contribution in [-0.4, -0.2) is 40.1 Å². The van der Waals surface area contributed by atoms with Gasteiger partial charge in [0, 0.05) is 24.8 Å². The predicted octanol–water partition coefficient (Wildman–Crippen LogP) is 4.37. The van der Waals surface area contributed by atoms with E-state index in [0.29, 0.717) is 17.8 Å². The molecule has 0 radical (unpaired) electrons. The summed E-state index contributed by atoms with van der Waals surface area (Å²) in [4.78, 5) is 33.4. The molecule has 1 aliphatic heterocycles. The second kappa shape index (κ2) is 10.4. The van der Waals surface area contributed by atoms with E-state index in [1.54, 1.807) is 0 Å². The van der Waals surface area contributed by atoms with Crippen molar-refractivity contribution in [3.8, 4) is 0 Å². The second-order valence-corrected chi connectivity index (χ2v) is 8.80. The fourth-order valence-electron chi connectivity index (χ4n) is 4.98. The van der Waals surface area contributed by atoms with E-state index < -0.39 is 4.92 Å². The quantitative estimate of drug-likeness (QED) is 0.511. The van der Waals surface area contributed by atoms with Crippen molar-refractivity contribution in [3.63, 3.8) is 0 Å². The summed E-state index contributed by atoms with van der Waals surface area (Å²) >= 11 is 0. The molecule has 2 N–H and O–H groups in total. The molecular weight excluding hydrogens is 408 g/mol. The summed E-state index contributed by atoms with van der Waals surface area (Å²) in [5.74, 6) is 1.50. The van der Waals surface area contributed by atoms with Gasteiger partial charge in [-0.25, -0.2) is 14.8 Å². The van der Waals surface area contributed by atoms with E-state index in [1.807, 2.05) is 30.3 Å². The van der Waals surface area contributed by atoms with E-state index in [2.05, 4.69) is 25.5 Å². The minimum atomic E-state index is -0.479. The maximum Gasteiger partial charge on any atom is 0.319 e. The summed E-state index contributed by atoms with van der Waals surface area (Å²) in [5.41, 5.74) is 0.704. The molecule has 1 saturated carbocycles. The van der Waals surface area contributed by atoms with E-state index in [4.69, 9.17) is 0 Å². The lowest BCUT2D eigenvalue weighted by Gasteiger charge is -2.38. The van der Waals surface area contributed by atoms with Crippen molar-refractivity contribution < 1.29 is 9.72 Å². The average molecular weight is 439 g/mol. The number of nitrogens with one attached hydrogen (secondary N) is 2. The maximum absolute atomic E-state index is 12.5. The van der Waals surface area contributed by atoms with Crippen LogP contribution in [0.4, 0.5) is 22.1 Å². The molecule has 1 aliphatic carbocycles. The topological polar surface area (TPSA) is 113 Å². The number of carbonyl (C=O) groups excluding carboxylic acids is 1. The smallest absolute Gasteiger partial charge is 0.319 e. The van der Waals surface area contributed by atoms with Gasteiger partial charge in [0.25, 0.3) is 0 Å². The number of piperidine rings is 1. The number of rotatable bonds is 6. The van der Waals surface area contributed by atoms with Crippen molar-refractivity contribution in [2.75, 3.05) is 23.3 Å². The van der Waals surface area contributed by atoms with Gasteiger partial charge in [0.05, 0.1) is 4.92 Å². The Morgan fingerprint density at radius 1 is 1.09 bits per heavy atom. The number of hydrogen-bond donors (Lipinski definition) is 2. The maximum atomic E-state index is 12.5. The average Bonchev–Trinajstić information content (AvgIpc) is 2.81. The lowest BCUT2D eigenvalue weighted by molar-refractivity contribution is -0.385. The summed E-state index contributed by atoms with van der Waals surface area (Å²) in [7, 11) is 0. The van der Waals surface area contributed by atoms with Crippen LogP contribution in [0.5, 0.6) is 0 Å². The molecule has 3 atom stereocenters. The van der Waals surface area contributed by atoms with Crippen molar-refractivity contribution in [3.05, 3.63) is 52.8 Å². The largest absolute Gasteiger partial charge is 0.341 e. The molecule has 1 aromatic heterocycles.